The van der Waals surface area contributed by atoms with Gasteiger partial charge in [0.15, 0.2) is 0 Å². The Morgan fingerprint density at radius 1 is 0.963 bits per heavy atom. The van der Waals surface area contributed by atoms with Crippen molar-refractivity contribution in [2.24, 2.45) is 0 Å². The number of pyridine rings is 1. The van der Waals surface area contributed by atoms with Crippen molar-refractivity contribution in [3.05, 3.63) is 59.8 Å². The van der Waals surface area contributed by atoms with Crippen LogP contribution in [0.25, 0.3) is 0 Å². The minimum atomic E-state index is -4.39. The van der Waals surface area contributed by atoms with E-state index in [4.69, 9.17) is 0 Å². The number of alkyl halides is 3. The van der Waals surface area contributed by atoms with Gasteiger partial charge >= 0.3 is 6.18 Å². The molecule has 0 radical (unpaired) electrons. The lowest BCUT2D eigenvalue weighted by atomic mass is 9.83. The molecule has 7 heteroatoms. The molecule has 0 N–H and O–H groups in total. The third kappa shape index (κ3) is 4.07. The van der Waals surface area contributed by atoms with Crippen LogP contribution in [-0.2, 0) is 16.4 Å². The van der Waals surface area contributed by atoms with E-state index >= 15 is 0 Å². The maximum atomic E-state index is 13.0. The molecule has 0 atom stereocenters. The van der Waals surface area contributed by atoms with E-state index in [0.29, 0.717) is 32.0 Å². The van der Waals surface area contributed by atoms with Crippen molar-refractivity contribution in [3.8, 4) is 0 Å². The third-order valence-electron chi connectivity index (χ3n) is 4.99. The van der Waals surface area contributed by atoms with E-state index in [1.54, 1.807) is 9.80 Å². The summed E-state index contributed by atoms with van der Waals surface area (Å²) in [7, 11) is 0. The highest BCUT2D eigenvalue weighted by atomic mass is 19.4. The first-order chi connectivity index (χ1) is 12.7. The summed E-state index contributed by atoms with van der Waals surface area (Å²) >= 11 is 0. The fourth-order valence-electron chi connectivity index (χ4n) is 3.28. The minimum absolute atomic E-state index is 0.0188. The van der Waals surface area contributed by atoms with Crippen LogP contribution in [0.1, 0.15) is 25.0 Å². The topological polar surface area (TPSA) is 36.4 Å². The maximum Gasteiger partial charge on any atom is 0.416 e. The summed E-state index contributed by atoms with van der Waals surface area (Å²) in [6.07, 6.45) is -3.22. The van der Waals surface area contributed by atoms with Gasteiger partial charge in [-0.15, -0.1) is 0 Å². The molecular formula is C20H22F3N3O. The molecule has 1 aliphatic heterocycles. The average molecular weight is 377 g/mol. The van der Waals surface area contributed by atoms with E-state index in [1.807, 2.05) is 44.2 Å². The Hall–Kier alpha value is -2.57. The highest BCUT2D eigenvalue weighted by Crippen LogP contribution is 2.31. The summed E-state index contributed by atoms with van der Waals surface area (Å²) in [5, 5.41) is 0. The molecule has 1 aliphatic rings. The molecule has 0 aliphatic carbocycles. The average Bonchev–Trinajstić information content (AvgIpc) is 2.67. The Labute approximate surface area is 156 Å². The molecule has 1 aromatic carbocycles. The van der Waals surface area contributed by atoms with Gasteiger partial charge in [0.25, 0.3) is 0 Å². The van der Waals surface area contributed by atoms with Crippen LogP contribution in [0, 0.1) is 0 Å². The van der Waals surface area contributed by atoms with Gasteiger partial charge in [-0.05, 0) is 31.5 Å². The first-order valence-corrected chi connectivity index (χ1v) is 8.83. The summed E-state index contributed by atoms with van der Waals surface area (Å²) < 4.78 is 38.7. The summed E-state index contributed by atoms with van der Waals surface area (Å²) in [6, 6.07) is 11.6. The maximum absolute atomic E-state index is 13.0. The van der Waals surface area contributed by atoms with Crippen molar-refractivity contribution in [2.75, 3.05) is 31.1 Å². The highest BCUT2D eigenvalue weighted by Gasteiger charge is 2.36. The number of carbonyl (C=O) groups excluding carboxylic acids is 1. The van der Waals surface area contributed by atoms with Crippen LogP contribution >= 0.6 is 0 Å². The van der Waals surface area contributed by atoms with Crippen LogP contribution in [-0.4, -0.2) is 42.0 Å². The number of hydrogen-bond acceptors (Lipinski definition) is 3. The zero-order chi connectivity index (χ0) is 19.7. The van der Waals surface area contributed by atoms with E-state index < -0.39 is 17.2 Å². The fourth-order valence-corrected chi connectivity index (χ4v) is 3.28. The number of halogens is 3. The number of piperazine rings is 1. The van der Waals surface area contributed by atoms with Gasteiger partial charge in [-0.2, -0.15) is 13.2 Å². The first kappa shape index (κ1) is 19.2. The normalized spacial score (nSPS) is 15.7. The van der Waals surface area contributed by atoms with Crippen molar-refractivity contribution in [1.82, 2.24) is 9.88 Å². The van der Waals surface area contributed by atoms with Gasteiger partial charge in [0, 0.05) is 32.4 Å². The van der Waals surface area contributed by atoms with Gasteiger partial charge in [0.05, 0.1) is 11.0 Å². The van der Waals surface area contributed by atoms with Gasteiger partial charge in [0.2, 0.25) is 5.91 Å². The summed E-state index contributed by atoms with van der Waals surface area (Å²) in [5.74, 6) is 0.310. The number of aromatic nitrogens is 1. The van der Waals surface area contributed by atoms with Crippen LogP contribution in [0.2, 0.25) is 0 Å². The lowest BCUT2D eigenvalue weighted by Crippen LogP contribution is -2.53. The van der Waals surface area contributed by atoms with E-state index in [1.165, 1.54) is 6.20 Å². The van der Waals surface area contributed by atoms with Gasteiger partial charge < -0.3 is 9.80 Å². The van der Waals surface area contributed by atoms with Crippen LogP contribution in [0.5, 0.6) is 0 Å². The van der Waals surface area contributed by atoms with Crippen LogP contribution in [0.3, 0.4) is 0 Å². The van der Waals surface area contributed by atoms with Gasteiger partial charge in [-0.25, -0.2) is 4.98 Å². The molecule has 0 unspecified atom stereocenters. The number of amides is 1. The Morgan fingerprint density at radius 2 is 1.59 bits per heavy atom. The number of anilines is 1. The van der Waals surface area contributed by atoms with Crippen molar-refractivity contribution in [2.45, 2.75) is 25.4 Å². The van der Waals surface area contributed by atoms with E-state index in [2.05, 4.69) is 4.98 Å². The molecular weight excluding hydrogens is 355 g/mol. The number of rotatable bonds is 3. The monoisotopic (exact) mass is 377 g/mol. The lowest BCUT2D eigenvalue weighted by Gasteiger charge is -2.39. The molecule has 3 rings (SSSR count). The molecule has 4 nitrogen and oxygen atoms in total. The Bertz CT molecular complexity index is 798. The molecule has 1 aromatic heterocycles. The second-order valence-electron chi connectivity index (χ2n) is 7.17. The summed E-state index contributed by atoms with van der Waals surface area (Å²) in [4.78, 5) is 20.6. The van der Waals surface area contributed by atoms with Gasteiger partial charge in [0.1, 0.15) is 5.82 Å². The Balaban J connectivity index is 1.68. The molecule has 144 valence electrons. The third-order valence-corrected chi connectivity index (χ3v) is 4.99. The molecule has 27 heavy (non-hydrogen) atoms. The molecule has 1 amide bonds. The molecule has 2 heterocycles. The van der Waals surface area contributed by atoms with E-state index in [9.17, 15) is 18.0 Å². The molecule has 0 bridgehead atoms. The van der Waals surface area contributed by atoms with Crippen LogP contribution in [0.15, 0.2) is 48.7 Å². The van der Waals surface area contributed by atoms with Crippen molar-refractivity contribution < 1.29 is 18.0 Å². The second kappa shape index (κ2) is 7.21. The second-order valence-corrected chi connectivity index (χ2v) is 7.17. The summed E-state index contributed by atoms with van der Waals surface area (Å²) in [6.45, 7) is 5.59. The first-order valence-electron chi connectivity index (χ1n) is 8.83. The smallest absolute Gasteiger partial charge is 0.353 e. The van der Waals surface area contributed by atoms with Crippen molar-refractivity contribution >= 4 is 11.7 Å². The standard InChI is InChI=1S/C20H22F3N3O/c1-19(2,15-6-4-3-5-7-15)18(27)26-12-10-25(11-13-26)17-14-16(8-9-24-17)20(21,22)23/h3-9,14H,10-13H2,1-2H3. The number of nitrogens with zero attached hydrogens (tertiary/aromatic N) is 3. The SMILES string of the molecule is CC(C)(C(=O)N1CCN(c2cc(C(F)(F)F)ccn2)CC1)c1ccccc1. The predicted octanol–water partition coefficient (Wildman–Crippen LogP) is 3.73. The lowest BCUT2D eigenvalue weighted by molar-refractivity contribution is -0.137. The van der Waals surface area contributed by atoms with Crippen LogP contribution in [0.4, 0.5) is 19.0 Å². The quantitative estimate of drug-likeness (QED) is 0.818. The minimum Gasteiger partial charge on any atom is -0.353 e. The van der Waals surface area contributed by atoms with E-state index in [0.717, 1.165) is 17.7 Å². The summed E-state index contributed by atoms with van der Waals surface area (Å²) in [5.41, 5.74) is -0.425. The number of carbonyl (C=O) groups is 1. The number of benzene rings is 1. The van der Waals surface area contributed by atoms with Crippen molar-refractivity contribution in [3.63, 3.8) is 0 Å². The molecule has 0 saturated carbocycles. The fraction of sp³-hybridized carbons (Fsp3) is 0.400. The van der Waals surface area contributed by atoms with E-state index in [-0.39, 0.29) is 5.91 Å². The molecule has 1 saturated heterocycles. The molecule has 0 spiro atoms. The van der Waals surface area contributed by atoms with Crippen LogP contribution < -0.4 is 4.90 Å². The molecule has 2 aromatic rings. The Kier molecular flexibility index (Phi) is 5.13. The largest absolute Gasteiger partial charge is 0.416 e. The zero-order valence-corrected chi connectivity index (χ0v) is 15.3. The number of hydrogen-bond donors (Lipinski definition) is 0. The highest BCUT2D eigenvalue weighted by molar-refractivity contribution is 5.87. The Morgan fingerprint density at radius 3 is 2.19 bits per heavy atom. The van der Waals surface area contributed by atoms with Crippen molar-refractivity contribution in [1.29, 1.82) is 0 Å². The van der Waals surface area contributed by atoms with Gasteiger partial charge in [-0.1, -0.05) is 30.3 Å². The van der Waals surface area contributed by atoms with Gasteiger partial charge in [-0.3, -0.25) is 4.79 Å². The molecule has 1 fully saturated rings. The predicted molar refractivity (Wildman–Crippen MR) is 97.5 cm³/mol. The zero-order valence-electron chi connectivity index (χ0n) is 15.3.